The number of aliphatic carboxylic acids is 1. The molecule has 5 nitrogen and oxygen atoms in total. The van der Waals surface area contributed by atoms with Crippen LogP contribution in [0.25, 0.3) is 0 Å². The van der Waals surface area contributed by atoms with Gasteiger partial charge in [0.2, 0.25) is 5.91 Å². The molecule has 1 saturated heterocycles. The van der Waals surface area contributed by atoms with E-state index < -0.39 is 17.9 Å². The van der Waals surface area contributed by atoms with Gasteiger partial charge in [-0.3, -0.25) is 9.69 Å². The Morgan fingerprint density at radius 2 is 2.50 bits per heavy atom. The molecule has 5 heteroatoms. The number of rotatable bonds is 2. The largest absolute Gasteiger partial charge is 0.480 e. The molecule has 0 aliphatic carbocycles. The molecule has 0 aromatic heterocycles. The van der Waals surface area contributed by atoms with Gasteiger partial charge in [-0.25, -0.2) is 4.79 Å². The monoisotopic (exact) mass is 170 g/mol. The number of hydrogen-bond acceptors (Lipinski definition) is 3. The summed E-state index contributed by atoms with van der Waals surface area (Å²) in [6.45, 7) is 5.22. The maximum absolute atomic E-state index is 11.0. The SMILES string of the molecule is C[C]N1CCNC(=O)C1C(=O)O. The van der Waals surface area contributed by atoms with Crippen LogP contribution in [0.5, 0.6) is 0 Å². The van der Waals surface area contributed by atoms with Crippen molar-refractivity contribution in [3.8, 4) is 0 Å². The van der Waals surface area contributed by atoms with Crippen LogP contribution in [0.15, 0.2) is 0 Å². The van der Waals surface area contributed by atoms with Crippen molar-refractivity contribution < 1.29 is 14.7 Å². The van der Waals surface area contributed by atoms with Crippen LogP contribution in [0.3, 0.4) is 0 Å². The highest BCUT2D eigenvalue weighted by Gasteiger charge is 2.34. The molecule has 2 radical (unpaired) electrons. The average molecular weight is 170 g/mol. The van der Waals surface area contributed by atoms with Gasteiger partial charge in [-0.05, 0) is 6.92 Å². The number of nitrogens with one attached hydrogen (secondary N) is 1. The van der Waals surface area contributed by atoms with Gasteiger partial charge in [0.15, 0.2) is 6.04 Å². The molecular weight excluding hydrogens is 160 g/mol. The molecule has 66 valence electrons. The van der Waals surface area contributed by atoms with Crippen molar-refractivity contribution >= 4 is 11.9 Å². The number of carbonyl (C=O) groups is 2. The fraction of sp³-hybridized carbons (Fsp3) is 0.571. The highest BCUT2D eigenvalue weighted by molar-refractivity contribution is 6.01. The second-order valence-corrected chi connectivity index (χ2v) is 2.45. The van der Waals surface area contributed by atoms with Gasteiger partial charge < -0.3 is 10.4 Å². The molecule has 0 spiro atoms. The fourth-order valence-electron chi connectivity index (χ4n) is 1.15. The van der Waals surface area contributed by atoms with Crippen LogP contribution in [0, 0.1) is 6.54 Å². The van der Waals surface area contributed by atoms with Crippen LogP contribution < -0.4 is 5.32 Å². The van der Waals surface area contributed by atoms with Crippen molar-refractivity contribution in [2.75, 3.05) is 13.1 Å². The number of amides is 1. The van der Waals surface area contributed by atoms with Gasteiger partial charge in [0, 0.05) is 13.1 Å². The van der Waals surface area contributed by atoms with Crippen LogP contribution in [0.1, 0.15) is 6.92 Å². The van der Waals surface area contributed by atoms with E-state index in [9.17, 15) is 9.59 Å². The predicted octanol–water partition coefficient (Wildman–Crippen LogP) is -1.07. The molecule has 12 heavy (non-hydrogen) atoms. The van der Waals surface area contributed by atoms with Crippen LogP contribution in [-0.2, 0) is 9.59 Å². The molecule has 1 aliphatic heterocycles. The lowest BCUT2D eigenvalue weighted by molar-refractivity contribution is -0.149. The van der Waals surface area contributed by atoms with Gasteiger partial charge >= 0.3 is 5.97 Å². The van der Waals surface area contributed by atoms with Gasteiger partial charge in [0.1, 0.15) is 0 Å². The standard InChI is InChI=1S/C7H10N2O3/c1-2-9-4-3-8-6(10)5(9)7(11)12/h5H,3-4H2,1H3,(H,8,10)(H,11,12). The summed E-state index contributed by atoms with van der Waals surface area (Å²) in [6.07, 6.45) is 0. The second-order valence-electron chi connectivity index (χ2n) is 2.45. The van der Waals surface area contributed by atoms with Gasteiger partial charge in [0.05, 0.1) is 6.54 Å². The topological polar surface area (TPSA) is 69.6 Å². The number of carboxylic acids is 1. The summed E-state index contributed by atoms with van der Waals surface area (Å²) in [5, 5.41) is 11.1. The second kappa shape index (κ2) is 3.53. The Kier molecular flexibility index (Phi) is 2.65. The number of hydrogen-bond donors (Lipinski definition) is 2. The van der Waals surface area contributed by atoms with Crippen molar-refractivity contribution in [1.29, 1.82) is 0 Å². The molecule has 1 rings (SSSR count). The normalized spacial score (nSPS) is 25.1. The lowest BCUT2D eigenvalue weighted by Gasteiger charge is -2.30. The van der Waals surface area contributed by atoms with E-state index in [1.165, 1.54) is 4.90 Å². The molecule has 1 unspecified atom stereocenters. The maximum atomic E-state index is 11.0. The van der Waals surface area contributed by atoms with E-state index in [1.54, 1.807) is 6.92 Å². The zero-order valence-electron chi connectivity index (χ0n) is 6.70. The van der Waals surface area contributed by atoms with E-state index >= 15 is 0 Å². The van der Waals surface area contributed by atoms with Crippen LogP contribution >= 0.6 is 0 Å². The van der Waals surface area contributed by atoms with Gasteiger partial charge in [0.25, 0.3) is 0 Å². The third kappa shape index (κ3) is 1.55. The Morgan fingerprint density at radius 3 is 2.92 bits per heavy atom. The third-order valence-corrected chi connectivity index (χ3v) is 1.73. The highest BCUT2D eigenvalue weighted by Crippen LogP contribution is 2.06. The molecule has 1 heterocycles. The van der Waals surface area contributed by atoms with Crippen molar-refractivity contribution in [2.45, 2.75) is 13.0 Å². The lowest BCUT2D eigenvalue weighted by Crippen LogP contribution is -2.57. The summed E-state index contributed by atoms with van der Waals surface area (Å²) in [4.78, 5) is 23.0. The summed E-state index contributed by atoms with van der Waals surface area (Å²) in [7, 11) is 0. The predicted molar refractivity (Wildman–Crippen MR) is 40.1 cm³/mol. The summed E-state index contributed by atoms with van der Waals surface area (Å²) in [5.41, 5.74) is 0. The first-order valence-corrected chi connectivity index (χ1v) is 3.61. The average Bonchev–Trinajstić information content (AvgIpc) is 2.03. The molecule has 1 atom stereocenters. The van der Waals surface area contributed by atoms with E-state index in [-0.39, 0.29) is 0 Å². The first-order chi connectivity index (χ1) is 5.66. The first kappa shape index (κ1) is 8.99. The zero-order chi connectivity index (χ0) is 9.14. The Bertz CT molecular complexity index is 205. The Morgan fingerprint density at radius 1 is 1.83 bits per heavy atom. The molecule has 2 N–H and O–H groups in total. The molecule has 1 aliphatic rings. The molecule has 0 aromatic rings. The van der Waals surface area contributed by atoms with Crippen LogP contribution in [-0.4, -0.2) is 41.0 Å². The molecule has 1 fully saturated rings. The molecular formula is C7H10N2O3. The van der Waals surface area contributed by atoms with Crippen molar-refractivity contribution in [3.05, 3.63) is 6.54 Å². The minimum atomic E-state index is -1.14. The summed E-state index contributed by atoms with van der Waals surface area (Å²) in [5.74, 6) is -1.61. The summed E-state index contributed by atoms with van der Waals surface area (Å²) >= 11 is 0. The Balaban J connectivity index is 2.72. The van der Waals surface area contributed by atoms with E-state index in [2.05, 4.69) is 11.9 Å². The van der Waals surface area contributed by atoms with Crippen LogP contribution in [0.4, 0.5) is 0 Å². The minimum absolute atomic E-state index is 0.469. The molecule has 0 aromatic carbocycles. The number of nitrogens with zero attached hydrogens (tertiary/aromatic N) is 1. The lowest BCUT2D eigenvalue weighted by atomic mass is 10.2. The number of piperazine rings is 1. The van der Waals surface area contributed by atoms with Crippen molar-refractivity contribution in [1.82, 2.24) is 10.2 Å². The first-order valence-electron chi connectivity index (χ1n) is 3.61. The Hall–Kier alpha value is -1.10. The maximum Gasteiger partial charge on any atom is 0.330 e. The van der Waals surface area contributed by atoms with E-state index in [0.29, 0.717) is 13.1 Å². The van der Waals surface area contributed by atoms with Gasteiger partial charge in [-0.2, -0.15) is 0 Å². The molecule has 0 bridgehead atoms. The quantitative estimate of drug-likeness (QED) is 0.518. The highest BCUT2D eigenvalue weighted by atomic mass is 16.4. The van der Waals surface area contributed by atoms with E-state index in [0.717, 1.165) is 0 Å². The van der Waals surface area contributed by atoms with Crippen LogP contribution in [0.2, 0.25) is 0 Å². The van der Waals surface area contributed by atoms with Crippen molar-refractivity contribution in [3.63, 3.8) is 0 Å². The number of carbonyl (C=O) groups excluding carboxylic acids is 1. The fourth-order valence-corrected chi connectivity index (χ4v) is 1.15. The zero-order valence-corrected chi connectivity index (χ0v) is 6.70. The molecule has 1 amide bonds. The number of carboxylic acid groups (broad SMARTS) is 1. The van der Waals surface area contributed by atoms with Crippen molar-refractivity contribution in [2.24, 2.45) is 0 Å². The summed E-state index contributed by atoms with van der Waals surface area (Å²) < 4.78 is 0. The van der Waals surface area contributed by atoms with Gasteiger partial charge in [-0.1, -0.05) is 0 Å². The third-order valence-electron chi connectivity index (χ3n) is 1.73. The minimum Gasteiger partial charge on any atom is -0.480 e. The Labute approximate surface area is 70.4 Å². The molecule has 0 saturated carbocycles. The smallest absolute Gasteiger partial charge is 0.330 e. The van der Waals surface area contributed by atoms with E-state index in [1.807, 2.05) is 0 Å². The van der Waals surface area contributed by atoms with Gasteiger partial charge in [-0.15, -0.1) is 0 Å². The van der Waals surface area contributed by atoms with E-state index in [4.69, 9.17) is 5.11 Å². The summed E-state index contributed by atoms with van der Waals surface area (Å²) in [6, 6.07) is -1.11.